The molecule has 0 spiro atoms. The summed E-state index contributed by atoms with van der Waals surface area (Å²) < 4.78 is 26.2. The lowest BCUT2D eigenvalue weighted by Gasteiger charge is -2.24. The third-order valence-electron chi connectivity index (χ3n) is 4.03. The summed E-state index contributed by atoms with van der Waals surface area (Å²) >= 11 is 5.79. The molecule has 1 heterocycles. The van der Waals surface area contributed by atoms with Gasteiger partial charge < -0.3 is 0 Å². The second-order valence-corrected chi connectivity index (χ2v) is 7.77. The molecule has 100 valence electrons. The van der Waals surface area contributed by atoms with Crippen molar-refractivity contribution in [3.8, 4) is 0 Å². The van der Waals surface area contributed by atoms with E-state index in [9.17, 15) is 8.42 Å². The van der Waals surface area contributed by atoms with E-state index in [2.05, 4.69) is 0 Å². The molecule has 5 heteroatoms. The van der Waals surface area contributed by atoms with Gasteiger partial charge in [-0.15, -0.1) is 11.6 Å². The SMILES string of the molecule is O=S(=O)(CC1CCCCC1)N1CCC(CCl)C1. The first kappa shape index (κ1) is 13.6. The minimum atomic E-state index is -3.03. The normalized spacial score (nSPS) is 28.6. The Morgan fingerprint density at radius 2 is 1.76 bits per heavy atom. The van der Waals surface area contributed by atoms with E-state index in [0.717, 1.165) is 19.3 Å². The van der Waals surface area contributed by atoms with Gasteiger partial charge in [0.1, 0.15) is 0 Å². The highest BCUT2D eigenvalue weighted by molar-refractivity contribution is 7.89. The van der Waals surface area contributed by atoms with Crippen LogP contribution >= 0.6 is 11.6 Å². The number of hydrogen-bond donors (Lipinski definition) is 0. The van der Waals surface area contributed by atoms with Crippen molar-refractivity contribution in [2.75, 3.05) is 24.7 Å². The second-order valence-electron chi connectivity index (χ2n) is 5.45. The van der Waals surface area contributed by atoms with E-state index >= 15 is 0 Å². The van der Waals surface area contributed by atoms with Crippen molar-refractivity contribution in [1.82, 2.24) is 4.31 Å². The molecule has 1 atom stereocenters. The molecule has 0 aromatic rings. The number of alkyl halides is 1. The fourth-order valence-corrected chi connectivity index (χ4v) is 5.15. The number of sulfonamides is 1. The van der Waals surface area contributed by atoms with E-state index in [1.165, 1.54) is 19.3 Å². The smallest absolute Gasteiger partial charge is 0.212 e. The van der Waals surface area contributed by atoms with Crippen molar-refractivity contribution in [1.29, 1.82) is 0 Å². The van der Waals surface area contributed by atoms with Crippen LogP contribution in [0.3, 0.4) is 0 Å². The Hall–Kier alpha value is 0.200. The molecule has 1 aliphatic carbocycles. The van der Waals surface area contributed by atoms with Crippen LogP contribution in [-0.2, 0) is 10.0 Å². The van der Waals surface area contributed by atoms with E-state index in [1.54, 1.807) is 4.31 Å². The van der Waals surface area contributed by atoms with Crippen molar-refractivity contribution in [2.24, 2.45) is 11.8 Å². The molecule has 1 saturated carbocycles. The van der Waals surface area contributed by atoms with E-state index in [1.807, 2.05) is 0 Å². The Morgan fingerprint density at radius 3 is 2.35 bits per heavy atom. The van der Waals surface area contributed by atoms with Gasteiger partial charge in [0.05, 0.1) is 5.75 Å². The second kappa shape index (κ2) is 5.89. The summed E-state index contributed by atoms with van der Waals surface area (Å²) in [7, 11) is -3.03. The van der Waals surface area contributed by atoms with Crippen molar-refractivity contribution in [2.45, 2.75) is 38.5 Å². The van der Waals surface area contributed by atoms with Crippen molar-refractivity contribution < 1.29 is 8.42 Å². The number of rotatable bonds is 4. The van der Waals surface area contributed by atoms with Crippen LogP contribution in [0.5, 0.6) is 0 Å². The van der Waals surface area contributed by atoms with Crippen molar-refractivity contribution in [3.05, 3.63) is 0 Å². The summed E-state index contributed by atoms with van der Waals surface area (Å²) in [5.74, 6) is 1.69. The minimum Gasteiger partial charge on any atom is -0.212 e. The number of hydrogen-bond acceptors (Lipinski definition) is 2. The Labute approximate surface area is 110 Å². The number of nitrogens with zero attached hydrogens (tertiary/aromatic N) is 1. The number of halogens is 1. The van der Waals surface area contributed by atoms with Gasteiger partial charge in [-0.3, -0.25) is 0 Å². The van der Waals surface area contributed by atoms with Gasteiger partial charge in [0.25, 0.3) is 0 Å². The average Bonchev–Trinajstić information content (AvgIpc) is 2.79. The van der Waals surface area contributed by atoms with Gasteiger partial charge in [-0.25, -0.2) is 12.7 Å². The maximum Gasteiger partial charge on any atom is 0.214 e. The maximum absolute atomic E-state index is 12.2. The van der Waals surface area contributed by atoms with Crippen LogP contribution in [-0.4, -0.2) is 37.4 Å². The Morgan fingerprint density at radius 1 is 1.06 bits per heavy atom. The van der Waals surface area contributed by atoms with Gasteiger partial charge >= 0.3 is 0 Å². The van der Waals surface area contributed by atoms with E-state index in [-0.39, 0.29) is 0 Å². The highest BCUT2D eigenvalue weighted by Gasteiger charge is 2.32. The molecule has 0 aromatic carbocycles. The molecule has 2 rings (SSSR count). The van der Waals surface area contributed by atoms with Crippen LogP contribution in [0.4, 0.5) is 0 Å². The summed E-state index contributed by atoms with van der Waals surface area (Å²) in [5, 5.41) is 0. The molecule has 3 nitrogen and oxygen atoms in total. The molecule has 1 saturated heterocycles. The van der Waals surface area contributed by atoms with Gasteiger partial charge in [-0.05, 0) is 31.1 Å². The predicted octanol–water partition coefficient (Wildman–Crippen LogP) is 2.46. The highest BCUT2D eigenvalue weighted by Crippen LogP contribution is 2.28. The van der Waals surface area contributed by atoms with Gasteiger partial charge in [0, 0.05) is 19.0 Å². The predicted molar refractivity (Wildman–Crippen MR) is 70.8 cm³/mol. The lowest BCUT2D eigenvalue weighted by Crippen LogP contribution is -2.34. The monoisotopic (exact) mass is 279 g/mol. The minimum absolute atomic E-state index is 0.359. The van der Waals surface area contributed by atoms with Gasteiger partial charge in [0.15, 0.2) is 0 Å². The zero-order valence-corrected chi connectivity index (χ0v) is 11.8. The zero-order valence-electron chi connectivity index (χ0n) is 10.3. The fraction of sp³-hybridized carbons (Fsp3) is 1.00. The van der Waals surface area contributed by atoms with Gasteiger partial charge in [0.2, 0.25) is 10.0 Å². The quantitative estimate of drug-likeness (QED) is 0.742. The van der Waals surface area contributed by atoms with Gasteiger partial charge in [-0.1, -0.05) is 19.3 Å². The average molecular weight is 280 g/mol. The molecule has 0 aromatic heterocycles. The third kappa shape index (κ3) is 3.58. The summed E-state index contributed by atoms with van der Waals surface area (Å²) in [4.78, 5) is 0. The van der Waals surface area contributed by atoms with Crippen LogP contribution in [0.25, 0.3) is 0 Å². The van der Waals surface area contributed by atoms with Crippen LogP contribution in [0.15, 0.2) is 0 Å². The summed E-state index contributed by atoms with van der Waals surface area (Å²) in [5.41, 5.74) is 0. The molecule has 17 heavy (non-hydrogen) atoms. The lowest BCUT2D eigenvalue weighted by molar-refractivity contribution is 0.374. The Balaban J connectivity index is 1.90. The van der Waals surface area contributed by atoms with Crippen LogP contribution in [0.1, 0.15) is 38.5 Å². The van der Waals surface area contributed by atoms with E-state index < -0.39 is 10.0 Å². The molecular formula is C12H22ClNO2S. The molecule has 0 bridgehead atoms. The summed E-state index contributed by atoms with van der Waals surface area (Å²) in [6.45, 7) is 1.31. The Bertz CT molecular complexity index is 338. The van der Waals surface area contributed by atoms with E-state index in [4.69, 9.17) is 11.6 Å². The molecule has 2 fully saturated rings. The standard InChI is InChI=1S/C12H22ClNO2S/c13-8-12-6-7-14(9-12)17(15,16)10-11-4-2-1-3-5-11/h11-12H,1-10H2. The highest BCUT2D eigenvalue weighted by atomic mass is 35.5. The molecule has 1 unspecified atom stereocenters. The van der Waals surface area contributed by atoms with Crippen molar-refractivity contribution >= 4 is 21.6 Å². The molecule has 1 aliphatic heterocycles. The molecule has 2 aliphatic rings. The zero-order chi connectivity index (χ0) is 12.3. The first-order valence-electron chi connectivity index (χ1n) is 6.65. The third-order valence-corrected chi connectivity index (χ3v) is 6.48. The first-order valence-corrected chi connectivity index (χ1v) is 8.80. The molecular weight excluding hydrogens is 258 g/mol. The summed E-state index contributed by atoms with van der Waals surface area (Å²) in [6, 6.07) is 0. The van der Waals surface area contributed by atoms with Gasteiger partial charge in [-0.2, -0.15) is 0 Å². The summed E-state index contributed by atoms with van der Waals surface area (Å²) in [6.07, 6.45) is 6.77. The molecule has 0 amide bonds. The van der Waals surface area contributed by atoms with Crippen molar-refractivity contribution in [3.63, 3.8) is 0 Å². The van der Waals surface area contributed by atoms with Crippen LogP contribution in [0.2, 0.25) is 0 Å². The Kier molecular flexibility index (Phi) is 4.72. The first-order chi connectivity index (χ1) is 8.12. The van der Waals surface area contributed by atoms with E-state index in [0.29, 0.717) is 36.6 Å². The maximum atomic E-state index is 12.2. The topological polar surface area (TPSA) is 37.4 Å². The lowest BCUT2D eigenvalue weighted by atomic mass is 9.91. The molecule has 0 N–H and O–H groups in total. The van der Waals surface area contributed by atoms with Crippen LogP contribution < -0.4 is 0 Å². The molecule has 0 radical (unpaired) electrons. The fourth-order valence-electron chi connectivity index (χ4n) is 2.93. The van der Waals surface area contributed by atoms with Crippen LogP contribution in [0, 0.1) is 11.8 Å². The largest absolute Gasteiger partial charge is 0.214 e.